The number of nitrogens with one attached hydrogen (secondary N) is 1. The molecule has 0 atom stereocenters. The Morgan fingerprint density at radius 2 is 1.63 bits per heavy atom. The third-order valence-electron chi connectivity index (χ3n) is 5.87. The molecule has 0 radical (unpaired) electrons. The van der Waals surface area contributed by atoms with Gasteiger partial charge in [0.25, 0.3) is 15.9 Å². The summed E-state index contributed by atoms with van der Waals surface area (Å²) in [4.78, 5) is 11.2. The standard InChI is InChI=1S/C28H19F3N2O4S/c1-33-16-19(10-12-27(34)32-38(35,36)26-15-22(30)21(29)14-23(26)31)28-24(33)7-4-8-25(28)37-20-11-9-17-5-2-3-6-18(17)13-20/h2-16H,1H3,(H,32,34)/b12-10+. The van der Waals surface area contributed by atoms with Crippen molar-refractivity contribution < 1.29 is 31.1 Å². The molecule has 0 aliphatic carbocycles. The van der Waals surface area contributed by atoms with E-state index >= 15 is 0 Å². The molecule has 0 aliphatic heterocycles. The number of benzene rings is 4. The highest BCUT2D eigenvalue weighted by Crippen LogP contribution is 2.35. The van der Waals surface area contributed by atoms with Crippen LogP contribution < -0.4 is 9.46 Å². The van der Waals surface area contributed by atoms with Crippen LogP contribution in [0.3, 0.4) is 0 Å². The minimum atomic E-state index is -4.80. The topological polar surface area (TPSA) is 77.4 Å². The Bertz CT molecular complexity index is 1860. The number of fused-ring (bicyclic) bond motifs is 2. The van der Waals surface area contributed by atoms with Crippen LogP contribution in [0.2, 0.25) is 0 Å². The van der Waals surface area contributed by atoms with E-state index in [4.69, 9.17) is 4.74 Å². The zero-order valence-corrected chi connectivity index (χ0v) is 20.6. The number of sulfonamides is 1. The van der Waals surface area contributed by atoms with E-state index in [0.29, 0.717) is 22.4 Å². The minimum Gasteiger partial charge on any atom is -0.457 e. The van der Waals surface area contributed by atoms with Gasteiger partial charge in [-0.2, -0.15) is 0 Å². The molecule has 1 amide bonds. The molecule has 0 unspecified atom stereocenters. The molecule has 38 heavy (non-hydrogen) atoms. The van der Waals surface area contributed by atoms with Crippen molar-refractivity contribution in [3.8, 4) is 11.5 Å². The van der Waals surface area contributed by atoms with Gasteiger partial charge in [-0.25, -0.2) is 26.3 Å². The van der Waals surface area contributed by atoms with Crippen LogP contribution >= 0.6 is 0 Å². The second-order valence-corrected chi connectivity index (χ2v) is 10.1. The highest BCUT2D eigenvalue weighted by Gasteiger charge is 2.23. The highest BCUT2D eigenvalue weighted by molar-refractivity contribution is 7.90. The summed E-state index contributed by atoms with van der Waals surface area (Å²) in [6, 6.07) is 19.2. The molecule has 6 nitrogen and oxygen atoms in total. The monoisotopic (exact) mass is 536 g/mol. The lowest BCUT2D eigenvalue weighted by Crippen LogP contribution is -2.29. The van der Waals surface area contributed by atoms with Gasteiger partial charge in [-0.1, -0.05) is 36.4 Å². The van der Waals surface area contributed by atoms with Crippen LogP contribution in [0.5, 0.6) is 11.5 Å². The van der Waals surface area contributed by atoms with Crippen LogP contribution in [-0.2, 0) is 21.9 Å². The first-order chi connectivity index (χ1) is 18.1. The van der Waals surface area contributed by atoms with E-state index in [1.807, 2.05) is 59.2 Å². The van der Waals surface area contributed by atoms with Crippen molar-refractivity contribution in [1.82, 2.24) is 9.29 Å². The quantitative estimate of drug-likeness (QED) is 0.211. The number of aryl methyl sites for hydroxylation is 1. The van der Waals surface area contributed by atoms with Crippen LogP contribution in [-0.4, -0.2) is 18.9 Å². The highest BCUT2D eigenvalue weighted by atomic mass is 32.2. The lowest BCUT2D eigenvalue weighted by molar-refractivity contribution is -0.114. The second kappa shape index (κ2) is 9.71. The van der Waals surface area contributed by atoms with Gasteiger partial charge in [0.15, 0.2) is 11.6 Å². The predicted molar refractivity (Wildman–Crippen MR) is 138 cm³/mol. The van der Waals surface area contributed by atoms with Crippen molar-refractivity contribution >= 4 is 43.7 Å². The lowest BCUT2D eigenvalue weighted by atomic mass is 10.1. The Balaban J connectivity index is 1.44. The molecule has 0 saturated carbocycles. The Morgan fingerprint density at radius 3 is 2.42 bits per heavy atom. The van der Waals surface area contributed by atoms with E-state index in [9.17, 15) is 26.4 Å². The first kappa shape index (κ1) is 25.1. The zero-order valence-electron chi connectivity index (χ0n) is 19.8. The smallest absolute Gasteiger partial charge is 0.267 e. The number of hydrogen-bond donors (Lipinski definition) is 1. The van der Waals surface area contributed by atoms with Crippen LogP contribution in [0, 0.1) is 17.5 Å². The summed E-state index contributed by atoms with van der Waals surface area (Å²) in [5.41, 5.74) is 1.34. The minimum absolute atomic E-state index is 0.0946. The van der Waals surface area contributed by atoms with Gasteiger partial charge in [0.2, 0.25) is 0 Å². The average molecular weight is 537 g/mol. The molecule has 1 heterocycles. The molecule has 0 bridgehead atoms. The molecule has 5 rings (SSSR count). The van der Waals surface area contributed by atoms with Gasteiger partial charge in [0.1, 0.15) is 22.2 Å². The summed E-state index contributed by atoms with van der Waals surface area (Å²) in [5, 5.41) is 2.73. The molecule has 0 aliphatic rings. The van der Waals surface area contributed by atoms with Crippen LogP contribution in [0.1, 0.15) is 5.56 Å². The van der Waals surface area contributed by atoms with E-state index in [1.54, 1.807) is 24.0 Å². The van der Waals surface area contributed by atoms with Gasteiger partial charge >= 0.3 is 0 Å². The van der Waals surface area contributed by atoms with Crippen LogP contribution in [0.4, 0.5) is 13.2 Å². The number of ether oxygens (including phenoxy) is 1. The number of nitrogens with zero attached hydrogens (tertiary/aromatic N) is 1. The maximum atomic E-state index is 13.9. The third kappa shape index (κ3) is 4.85. The fraction of sp³-hybridized carbons (Fsp3) is 0.0357. The van der Waals surface area contributed by atoms with Crippen molar-refractivity contribution in [3.63, 3.8) is 0 Å². The first-order valence-corrected chi connectivity index (χ1v) is 12.7. The van der Waals surface area contributed by atoms with Gasteiger partial charge in [-0.05, 0) is 41.1 Å². The number of halogens is 3. The molecule has 192 valence electrons. The summed E-state index contributed by atoms with van der Waals surface area (Å²) >= 11 is 0. The lowest BCUT2D eigenvalue weighted by Gasteiger charge is -2.09. The SMILES string of the molecule is Cn1cc(/C=C/C(=O)NS(=O)(=O)c2cc(F)c(F)cc2F)c2c(Oc3ccc4ccccc4c3)cccc21. The first-order valence-electron chi connectivity index (χ1n) is 11.3. The van der Waals surface area contributed by atoms with E-state index < -0.39 is 38.3 Å². The molecule has 1 N–H and O–H groups in total. The Kier molecular flexibility index (Phi) is 6.41. The maximum absolute atomic E-state index is 13.9. The summed E-state index contributed by atoms with van der Waals surface area (Å²) < 4.78 is 75.0. The maximum Gasteiger partial charge on any atom is 0.267 e. The van der Waals surface area contributed by atoms with Crippen molar-refractivity contribution in [3.05, 3.63) is 108 Å². The molecule has 4 aromatic carbocycles. The van der Waals surface area contributed by atoms with Crippen LogP contribution in [0.15, 0.2) is 90.0 Å². The fourth-order valence-corrected chi connectivity index (χ4v) is 5.13. The molecule has 10 heteroatoms. The van der Waals surface area contributed by atoms with Gasteiger partial charge in [0.05, 0.1) is 5.52 Å². The summed E-state index contributed by atoms with van der Waals surface area (Å²) in [6.45, 7) is 0. The number of aromatic nitrogens is 1. The summed E-state index contributed by atoms with van der Waals surface area (Å²) in [6.07, 6.45) is 4.05. The Morgan fingerprint density at radius 1 is 0.895 bits per heavy atom. The normalized spacial score (nSPS) is 11.9. The second-order valence-electron chi connectivity index (χ2n) is 8.46. The van der Waals surface area contributed by atoms with E-state index in [-0.39, 0.29) is 12.1 Å². The van der Waals surface area contributed by atoms with E-state index in [1.165, 1.54) is 6.08 Å². The summed E-state index contributed by atoms with van der Waals surface area (Å²) in [7, 11) is -3.00. The van der Waals surface area contributed by atoms with Crippen molar-refractivity contribution in [2.45, 2.75) is 4.90 Å². The largest absolute Gasteiger partial charge is 0.457 e. The zero-order chi connectivity index (χ0) is 27.0. The fourth-order valence-electron chi connectivity index (χ4n) is 4.11. The van der Waals surface area contributed by atoms with Gasteiger partial charge in [-0.15, -0.1) is 0 Å². The van der Waals surface area contributed by atoms with Crippen molar-refractivity contribution in [1.29, 1.82) is 0 Å². The van der Waals surface area contributed by atoms with Crippen LogP contribution in [0.25, 0.3) is 27.8 Å². The predicted octanol–water partition coefficient (Wildman–Crippen LogP) is 6.06. The van der Waals surface area contributed by atoms with Gasteiger partial charge in [-0.3, -0.25) is 4.79 Å². The molecular weight excluding hydrogens is 517 g/mol. The number of rotatable bonds is 6. The van der Waals surface area contributed by atoms with Gasteiger partial charge < -0.3 is 9.30 Å². The molecule has 5 aromatic rings. The van der Waals surface area contributed by atoms with Crippen molar-refractivity contribution in [2.24, 2.45) is 7.05 Å². The van der Waals surface area contributed by atoms with Crippen molar-refractivity contribution in [2.75, 3.05) is 0 Å². The molecule has 1 aromatic heterocycles. The number of hydrogen-bond acceptors (Lipinski definition) is 4. The van der Waals surface area contributed by atoms with E-state index in [0.717, 1.165) is 22.4 Å². The molecule has 0 fully saturated rings. The summed E-state index contributed by atoms with van der Waals surface area (Å²) in [5.74, 6) is -4.64. The number of carbonyl (C=O) groups excluding carboxylic acids is 1. The Hall–Kier alpha value is -4.57. The number of carbonyl (C=O) groups is 1. The third-order valence-corrected chi connectivity index (χ3v) is 7.23. The van der Waals surface area contributed by atoms with Gasteiger partial charge in [0, 0.05) is 42.4 Å². The van der Waals surface area contributed by atoms with E-state index in [2.05, 4.69) is 0 Å². The molecule has 0 saturated heterocycles. The number of amides is 1. The molecule has 0 spiro atoms. The average Bonchev–Trinajstić information content (AvgIpc) is 3.21. The Labute approximate surface area is 215 Å². The molecular formula is C28H19F3N2O4S.